The van der Waals surface area contributed by atoms with Crippen LogP contribution >= 0.6 is 0 Å². The average molecular weight is 439 g/mol. The smallest absolute Gasteiger partial charge is 0.262 e. The van der Waals surface area contributed by atoms with Crippen molar-refractivity contribution in [1.82, 2.24) is 4.31 Å². The van der Waals surface area contributed by atoms with Gasteiger partial charge in [-0.05, 0) is 66.9 Å². The number of hydrogen-bond donors (Lipinski definition) is 1. The number of ether oxygens (including phenoxy) is 1. The summed E-state index contributed by atoms with van der Waals surface area (Å²) in [5.74, 6) is 0.305. The van der Waals surface area contributed by atoms with Crippen molar-refractivity contribution in [3.63, 3.8) is 0 Å². The molecular weight excluding hydrogens is 412 g/mol. The normalized spacial score (nSPS) is 17.4. The van der Waals surface area contributed by atoms with Crippen molar-refractivity contribution in [3.05, 3.63) is 66.7 Å². The Hall–Kier alpha value is -2.90. The molecule has 162 valence electrons. The van der Waals surface area contributed by atoms with E-state index in [1.165, 1.54) is 12.1 Å². The van der Waals surface area contributed by atoms with Crippen molar-refractivity contribution in [1.29, 1.82) is 0 Å². The first-order chi connectivity index (χ1) is 14.9. The largest absolute Gasteiger partial charge is 0.484 e. The summed E-state index contributed by atoms with van der Waals surface area (Å²) in [4.78, 5) is 12.5. The number of nitrogens with one attached hydrogen (secondary N) is 1. The maximum Gasteiger partial charge on any atom is 0.262 e. The molecule has 1 N–H and O–H groups in total. The summed E-state index contributed by atoms with van der Waals surface area (Å²) in [6.45, 7) is 2.36. The summed E-state index contributed by atoms with van der Waals surface area (Å²) in [6.07, 6.45) is 2.82. The summed E-state index contributed by atoms with van der Waals surface area (Å²) in [6, 6.07) is 19.9. The van der Waals surface area contributed by atoms with Crippen molar-refractivity contribution < 1.29 is 17.9 Å². The summed E-state index contributed by atoms with van der Waals surface area (Å²) < 4.78 is 33.0. The minimum Gasteiger partial charge on any atom is -0.484 e. The van der Waals surface area contributed by atoms with Crippen LogP contribution in [-0.4, -0.2) is 37.8 Å². The van der Waals surface area contributed by atoms with E-state index in [-0.39, 0.29) is 23.5 Å². The molecule has 0 radical (unpaired) electrons. The summed E-state index contributed by atoms with van der Waals surface area (Å²) in [7, 11) is -3.52. The van der Waals surface area contributed by atoms with Crippen molar-refractivity contribution in [2.75, 3.05) is 18.5 Å². The number of carbonyl (C=O) groups is 1. The molecule has 1 atom stereocenters. The minimum atomic E-state index is -3.52. The van der Waals surface area contributed by atoms with Crippen LogP contribution in [-0.2, 0) is 14.8 Å². The first kappa shape index (κ1) is 21.3. The fourth-order valence-corrected chi connectivity index (χ4v) is 5.58. The Morgan fingerprint density at radius 1 is 1.03 bits per heavy atom. The van der Waals surface area contributed by atoms with Gasteiger partial charge in [-0.1, -0.05) is 36.8 Å². The lowest BCUT2D eigenvalue weighted by Gasteiger charge is -2.32. The molecule has 1 aliphatic rings. The Morgan fingerprint density at radius 2 is 1.77 bits per heavy atom. The SMILES string of the molecule is C[C@@H]1CCCCN1S(=O)(=O)c1ccc(NC(=O)COc2ccc3ccccc3c2)cc1. The van der Waals surface area contributed by atoms with Crippen LogP contribution in [0.15, 0.2) is 71.6 Å². The number of benzene rings is 3. The van der Waals surface area contributed by atoms with Gasteiger partial charge in [-0.25, -0.2) is 8.42 Å². The first-order valence-corrected chi connectivity index (χ1v) is 11.9. The van der Waals surface area contributed by atoms with E-state index < -0.39 is 10.0 Å². The van der Waals surface area contributed by atoms with Crippen LogP contribution in [0.2, 0.25) is 0 Å². The van der Waals surface area contributed by atoms with Crippen molar-refractivity contribution >= 4 is 32.4 Å². The Labute approximate surface area is 182 Å². The number of piperidine rings is 1. The van der Waals surface area contributed by atoms with Crippen molar-refractivity contribution in [3.8, 4) is 5.75 Å². The van der Waals surface area contributed by atoms with Crippen LogP contribution in [0.4, 0.5) is 5.69 Å². The molecule has 0 spiro atoms. The number of carbonyl (C=O) groups excluding carboxylic acids is 1. The number of anilines is 1. The van der Waals surface area contributed by atoms with E-state index in [4.69, 9.17) is 4.74 Å². The minimum absolute atomic E-state index is 0.00499. The van der Waals surface area contributed by atoms with Crippen LogP contribution in [0.5, 0.6) is 5.75 Å². The van der Waals surface area contributed by atoms with Gasteiger partial charge in [0, 0.05) is 18.3 Å². The van der Waals surface area contributed by atoms with E-state index in [1.54, 1.807) is 16.4 Å². The van der Waals surface area contributed by atoms with Crippen LogP contribution in [0, 0.1) is 0 Å². The maximum atomic E-state index is 12.9. The van der Waals surface area contributed by atoms with Gasteiger partial charge in [0.25, 0.3) is 5.91 Å². The van der Waals surface area contributed by atoms with Crippen LogP contribution < -0.4 is 10.1 Å². The highest BCUT2D eigenvalue weighted by Crippen LogP contribution is 2.26. The van der Waals surface area contributed by atoms with E-state index in [2.05, 4.69) is 5.32 Å². The fourth-order valence-electron chi connectivity index (χ4n) is 3.88. The van der Waals surface area contributed by atoms with E-state index in [0.29, 0.717) is 18.0 Å². The third kappa shape index (κ3) is 4.89. The van der Waals surface area contributed by atoms with Gasteiger partial charge in [-0.2, -0.15) is 4.31 Å². The number of fused-ring (bicyclic) bond motifs is 1. The predicted octanol–water partition coefficient (Wildman–Crippen LogP) is 4.42. The number of nitrogens with zero attached hydrogens (tertiary/aromatic N) is 1. The number of rotatable bonds is 6. The van der Waals surface area contributed by atoms with Gasteiger partial charge in [-0.3, -0.25) is 4.79 Å². The molecule has 0 aromatic heterocycles. The zero-order valence-corrected chi connectivity index (χ0v) is 18.3. The number of sulfonamides is 1. The fraction of sp³-hybridized carbons (Fsp3) is 0.292. The van der Waals surface area contributed by atoms with Gasteiger partial charge in [0.15, 0.2) is 6.61 Å². The summed E-state index contributed by atoms with van der Waals surface area (Å²) in [5.41, 5.74) is 0.526. The Balaban J connectivity index is 1.36. The lowest BCUT2D eigenvalue weighted by Crippen LogP contribution is -2.41. The van der Waals surface area contributed by atoms with Crippen molar-refractivity contribution in [2.45, 2.75) is 37.1 Å². The monoisotopic (exact) mass is 438 g/mol. The van der Waals surface area contributed by atoms with Gasteiger partial charge in [-0.15, -0.1) is 0 Å². The highest BCUT2D eigenvalue weighted by atomic mass is 32.2. The predicted molar refractivity (Wildman–Crippen MR) is 122 cm³/mol. The quantitative estimate of drug-likeness (QED) is 0.618. The summed E-state index contributed by atoms with van der Waals surface area (Å²) in [5, 5.41) is 4.89. The molecule has 0 unspecified atom stereocenters. The maximum absolute atomic E-state index is 12.9. The molecule has 7 heteroatoms. The molecule has 0 saturated carbocycles. The van der Waals surface area contributed by atoms with Crippen molar-refractivity contribution in [2.24, 2.45) is 0 Å². The first-order valence-electron chi connectivity index (χ1n) is 10.5. The molecule has 3 aromatic carbocycles. The van der Waals surface area contributed by atoms with E-state index in [9.17, 15) is 13.2 Å². The zero-order valence-electron chi connectivity index (χ0n) is 17.5. The number of hydrogen-bond acceptors (Lipinski definition) is 4. The molecule has 1 aliphatic heterocycles. The van der Waals surface area contributed by atoms with Crippen LogP contribution in [0.25, 0.3) is 10.8 Å². The van der Waals surface area contributed by atoms with Gasteiger partial charge >= 0.3 is 0 Å². The van der Waals surface area contributed by atoms with Gasteiger partial charge < -0.3 is 10.1 Å². The Bertz CT molecular complexity index is 1180. The molecule has 1 heterocycles. The van der Waals surface area contributed by atoms with Gasteiger partial charge in [0.1, 0.15) is 5.75 Å². The van der Waals surface area contributed by atoms with Gasteiger partial charge in [0.2, 0.25) is 10.0 Å². The van der Waals surface area contributed by atoms with Crippen LogP contribution in [0.1, 0.15) is 26.2 Å². The van der Waals surface area contributed by atoms with E-state index in [1.807, 2.05) is 49.4 Å². The number of amides is 1. The third-order valence-corrected chi connectivity index (χ3v) is 7.61. The molecule has 0 aliphatic carbocycles. The highest BCUT2D eigenvalue weighted by Gasteiger charge is 2.30. The third-order valence-electron chi connectivity index (χ3n) is 5.58. The highest BCUT2D eigenvalue weighted by molar-refractivity contribution is 7.89. The standard InChI is InChI=1S/C24H26N2O4S/c1-18-6-4-5-15-26(18)31(28,29)23-13-10-21(11-14-23)25-24(27)17-30-22-12-9-19-7-2-3-8-20(19)16-22/h2-3,7-14,16,18H,4-6,15,17H2,1H3,(H,25,27)/t18-/m1/s1. The topological polar surface area (TPSA) is 75.7 Å². The lowest BCUT2D eigenvalue weighted by atomic mass is 10.1. The Morgan fingerprint density at radius 3 is 2.52 bits per heavy atom. The second-order valence-corrected chi connectivity index (χ2v) is 9.72. The lowest BCUT2D eigenvalue weighted by molar-refractivity contribution is -0.118. The Kier molecular flexibility index (Phi) is 6.25. The molecule has 31 heavy (non-hydrogen) atoms. The molecular formula is C24H26N2O4S. The summed E-state index contributed by atoms with van der Waals surface area (Å²) >= 11 is 0. The van der Waals surface area contributed by atoms with E-state index in [0.717, 1.165) is 30.0 Å². The van der Waals surface area contributed by atoms with Gasteiger partial charge in [0.05, 0.1) is 4.90 Å². The molecule has 0 bridgehead atoms. The molecule has 1 saturated heterocycles. The molecule has 4 rings (SSSR count). The second-order valence-electron chi connectivity index (χ2n) is 7.83. The molecule has 1 fully saturated rings. The molecule has 6 nitrogen and oxygen atoms in total. The molecule has 1 amide bonds. The average Bonchev–Trinajstić information content (AvgIpc) is 2.78. The molecule has 3 aromatic rings. The zero-order chi connectivity index (χ0) is 21.8. The van der Waals surface area contributed by atoms with Crippen LogP contribution in [0.3, 0.4) is 0 Å². The van der Waals surface area contributed by atoms with E-state index >= 15 is 0 Å². The second kappa shape index (κ2) is 9.08.